The number of hydrogen-bond donors (Lipinski definition) is 1. The smallest absolute Gasteiger partial charge is 0.344 e. The zero-order valence-electron chi connectivity index (χ0n) is 14.3. The second-order valence-electron chi connectivity index (χ2n) is 5.57. The Kier molecular flexibility index (Phi) is 6.59. The molecule has 6 nitrogen and oxygen atoms in total. The van der Waals surface area contributed by atoms with E-state index in [1.807, 2.05) is 38.1 Å². The topological polar surface area (TPSA) is 88.4 Å². The number of ether oxygens (including phenoxy) is 2. The molecule has 2 aromatic carbocycles. The van der Waals surface area contributed by atoms with Gasteiger partial charge in [-0.15, -0.1) is 0 Å². The first kappa shape index (κ1) is 19.3. The Hall–Kier alpha value is -3.04. The van der Waals surface area contributed by atoms with Crippen molar-refractivity contribution in [3.63, 3.8) is 0 Å². The van der Waals surface area contributed by atoms with Gasteiger partial charge < -0.3 is 14.8 Å². The van der Waals surface area contributed by atoms with Gasteiger partial charge in [-0.1, -0.05) is 23.7 Å². The molecule has 2 aromatic rings. The van der Waals surface area contributed by atoms with Crippen LogP contribution < -0.4 is 10.1 Å². The highest BCUT2D eigenvalue weighted by Crippen LogP contribution is 2.20. The molecule has 0 radical (unpaired) electrons. The zero-order valence-corrected chi connectivity index (χ0v) is 15.1. The molecule has 0 fully saturated rings. The molecule has 0 spiro atoms. The van der Waals surface area contributed by atoms with Gasteiger partial charge in [-0.2, -0.15) is 5.26 Å². The molecule has 0 atom stereocenters. The minimum atomic E-state index is -0.673. The fourth-order valence-corrected chi connectivity index (χ4v) is 2.26. The maximum absolute atomic E-state index is 11.9. The zero-order chi connectivity index (χ0) is 19.1. The van der Waals surface area contributed by atoms with Crippen LogP contribution in [0.2, 0.25) is 5.02 Å². The molecule has 26 heavy (non-hydrogen) atoms. The van der Waals surface area contributed by atoms with Crippen molar-refractivity contribution in [3.05, 3.63) is 58.1 Å². The lowest BCUT2D eigenvalue weighted by molar-refractivity contribution is -0.149. The lowest BCUT2D eigenvalue weighted by Gasteiger charge is -2.10. The first-order chi connectivity index (χ1) is 12.4. The van der Waals surface area contributed by atoms with Gasteiger partial charge >= 0.3 is 5.97 Å². The number of carbonyl (C=O) groups is 2. The number of nitrogens with one attached hydrogen (secondary N) is 1. The van der Waals surface area contributed by atoms with Gasteiger partial charge in [0.25, 0.3) is 5.91 Å². The van der Waals surface area contributed by atoms with Crippen molar-refractivity contribution in [3.8, 4) is 11.8 Å². The fraction of sp³-hybridized carbons (Fsp3) is 0.211. The minimum Gasteiger partial charge on any atom is -0.482 e. The molecule has 0 aliphatic rings. The van der Waals surface area contributed by atoms with Crippen molar-refractivity contribution in [2.75, 3.05) is 18.5 Å². The summed E-state index contributed by atoms with van der Waals surface area (Å²) in [7, 11) is 0. The number of nitriles is 1. The summed E-state index contributed by atoms with van der Waals surface area (Å²) in [6.07, 6.45) is 0. The van der Waals surface area contributed by atoms with Crippen LogP contribution in [-0.2, 0) is 14.3 Å². The second-order valence-corrected chi connectivity index (χ2v) is 6.00. The summed E-state index contributed by atoms with van der Waals surface area (Å²) in [4.78, 5) is 23.6. The van der Waals surface area contributed by atoms with Crippen LogP contribution in [0.25, 0.3) is 0 Å². The Bertz CT molecular complexity index is 874. The normalized spacial score (nSPS) is 9.92. The largest absolute Gasteiger partial charge is 0.482 e. The van der Waals surface area contributed by atoms with Crippen molar-refractivity contribution in [2.45, 2.75) is 13.8 Å². The average molecular weight is 373 g/mol. The summed E-state index contributed by atoms with van der Waals surface area (Å²) in [6.45, 7) is 2.98. The van der Waals surface area contributed by atoms with Gasteiger partial charge in [0.05, 0.1) is 11.3 Å². The maximum atomic E-state index is 11.9. The highest BCUT2D eigenvalue weighted by atomic mass is 35.5. The average Bonchev–Trinajstić information content (AvgIpc) is 2.61. The monoisotopic (exact) mass is 372 g/mol. The standard InChI is InChI=1S/C19H17ClN2O4/c1-12-3-4-13(2)17(7-12)25-11-19(24)26-10-18(23)22-16-8-15(20)6-5-14(16)9-21/h3-8H,10-11H2,1-2H3,(H,22,23). The highest BCUT2D eigenvalue weighted by Gasteiger charge is 2.12. The van der Waals surface area contributed by atoms with Crippen LogP contribution in [-0.4, -0.2) is 25.1 Å². The molecule has 1 N–H and O–H groups in total. The fourth-order valence-electron chi connectivity index (χ4n) is 2.09. The highest BCUT2D eigenvalue weighted by molar-refractivity contribution is 6.31. The lowest BCUT2D eigenvalue weighted by atomic mass is 10.1. The summed E-state index contributed by atoms with van der Waals surface area (Å²) >= 11 is 5.85. The van der Waals surface area contributed by atoms with E-state index in [0.29, 0.717) is 10.8 Å². The van der Waals surface area contributed by atoms with Crippen LogP contribution >= 0.6 is 11.6 Å². The van der Waals surface area contributed by atoms with E-state index in [1.165, 1.54) is 12.1 Å². The molecule has 0 bridgehead atoms. The van der Waals surface area contributed by atoms with Gasteiger partial charge in [0, 0.05) is 5.02 Å². The van der Waals surface area contributed by atoms with Crippen LogP contribution in [0.5, 0.6) is 5.75 Å². The molecular weight excluding hydrogens is 356 g/mol. The summed E-state index contributed by atoms with van der Waals surface area (Å²) in [5.74, 6) is -0.666. The number of anilines is 1. The Morgan fingerprint density at radius 1 is 1.15 bits per heavy atom. The Balaban J connectivity index is 1.84. The van der Waals surface area contributed by atoms with E-state index in [0.717, 1.165) is 11.1 Å². The summed E-state index contributed by atoms with van der Waals surface area (Å²) in [5, 5.41) is 11.9. The van der Waals surface area contributed by atoms with E-state index in [1.54, 1.807) is 6.07 Å². The van der Waals surface area contributed by atoms with Crippen molar-refractivity contribution in [1.29, 1.82) is 5.26 Å². The first-order valence-corrected chi connectivity index (χ1v) is 8.12. The minimum absolute atomic E-state index is 0.257. The molecule has 1 amide bonds. The second kappa shape index (κ2) is 8.88. The van der Waals surface area contributed by atoms with E-state index < -0.39 is 18.5 Å². The molecule has 0 unspecified atom stereocenters. The molecular formula is C19H17ClN2O4. The molecule has 134 valence electrons. The Labute approximate surface area is 156 Å². The predicted octanol–water partition coefficient (Wildman–Crippen LogP) is 3.39. The van der Waals surface area contributed by atoms with E-state index in [4.69, 9.17) is 26.3 Å². The third kappa shape index (κ3) is 5.50. The molecule has 0 aromatic heterocycles. The maximum Gasteiger partial charge on any atom is 0.344 e. The van der Waals surface area contributed by atoms with E-state index in [2.05, 4.69) is 5.32 Å². The third-order valence-corrected chi connectivity index (χ3v) is 3.66. The number of nitrogens with zero attached hydrogens (tertiary/aromatic N) is 1. The van der Waals surface area contributed by atoms with E-state index in [-0.39, 0.29) is 17.9 Å². The van der Waals surface area contributed by atoms with Crippen LogP contribution in [0.1, 0.15) is 16.7 Å². The number of rotatable bonds is 6. The molecule has 0 saturated carbocycles. The lowest BCUT2D eigenvalue weighted by Crippen LogP contribution is -2.24. The van der Waals surface area contributed by atoms with Crippen molar-refractivity contribution >= 4 is 29.2 Å². The number of carbonyl (C=O) groups excluding carboxylic acids is 2. The molecule has 0 saturated heterocycles. The molecule has 0 aliphatic heterocycles. The van der Waals surface area contributed by atoms with Crippen LogP contribution in [0.4, 0.5) is 5.69 Å². The van der Waals surface area contributed by atoms with Gasteiger partial charge in [-0.3, -0.25) is 4.79 Å². The molecule has 7 heteroatoms. The SMILES string of the molecule is Cc1ccc(C)c(OCC(=O)OCC(=O)Nc2cc(Cl)ccc2C#N)c1. The molecule has 0 heterocycles. The van der Waals surface area contributed by atoms with Gasteiger partial charge in [0.15, 0.2) is 13.2 Å². The Morgan fingerprint density at radius 2 is 1.92 bits per heavy atom. The first-order valence-electron chi connectivity index (χ1n) is 7.74. The van der Waals surface area contributed by atoms with Crippen molar-refractivity contribution in [1.82, 2.24) is 0 Å². The van der Waals surface area contributed by atoms with Gasteiger partial charge in [0.2, 0.25) is 0 Å². The molecule has 2 rings (SSSR count). The number of benzene rings is 2. The summed E-state index contributed by atoms with van der Waals surface area (Å²) in [5.41, 5.74) is 2.42. The number of hydrogen-bond acceptors (Lipinski definition) is 5. The number of amides is 1. The third-order valence-electron chi connectivity index (χ3n) is 3.43. The van der Waals surface area contributed by atoms with Crippen LogP contribution in [0, 0.1) is 25.2 Å². The van der Waals surface area contributed by atoms with E-state index >= 15 is 0 Å². The van der Waals surface area contributed by atoms with Gasteiger partial charge in [0.1, 0.15) is 11.8 Å². The van der Waals surface area contributed by atoms with Gasteiger partial charge in [-0.05, 0) is 49.2 Å². The quantitative estimate of drug-likeness (QED) is 0.785. The van der Waals surface area contributed by atoms with Crippen molar-refractivity contribution in [2.24, 2.45) is 0 Å². The van der Waals surface area contributed by atoms with Gasteiger partial charge in [-0.25, -0.2) is 4.79 Å². The number of aryl methyl sites for hydroxylation is 2. The summed E-state index contributed by atoms with van der Waals surface area (Å²) < 4.78 is 10.3. The Morgan fingerprint density at radius 3 is 2.65 bits per heavy atom. The molecule has 0 aliphatic carbocycles. The number of halogens is 1. The van der Waals surface area contributed by atoms with Crippen LogP contribution in [0.15, 0.2) is 36.4 Å². The summed E-state index contributed by atoms with van der Waals surface area (Å²) in [6, 6.07) is 12.1. The van der Waals surface area contributed by atoms with Crippen LogP contribution in [0.3, 0.4) is 0 Å². The van der Waals surface area contributed by atoms with E-state index in [9.17, 15) is 9.59 Å². The van der Waals surface area contributed by atoms with Crippen molar-refractivity contribution < 1.29 is 19.1 Å². The predicted molar refractivity (Wildman–Crippen MR) is 97.2 cm³/mol. The number of esters is 1.